The van der Waals surface area contributed by atoms with Gasteiger partial charge in [-0.1, -0.05) is 65.4 Å². The zero-order valence-electron chi connectivity index (χ0n) is 34.0. The molecule has 3 aliphatic rings. The van der Waals surface area contributed by atoms with Gasteiger partial charge in [0.25, 0.3) is 5.91 Å². The molecule has 2 aliphatic carbocycles. The fourth-order valence-corrected chi connectivity index (χ4v) is 8.19. The number of hydrogen-bond acceptors (Lipinski definition) is 10. The lowest BCUT2D eigenvalue weighted by Crippen LogP contribution is -2.62. The lowest BCUT2D eigenvalue weighted by atomic mass is 9.81. The summed E-state index contributed by atoms with van der Waals surface area (Å²) in [5.74, 6) is -7.45. The third kappa shape index (κ3) is 12.7. The van der Waals surface area contributed by atoms with Crippen molar-refractivity contribution in [3.8, 4) is 0 Å². The minimum Gasteiger partial charge on any atom is -0.478 e. The summed E-state index contributed by atoms with van der Waals surface area (Å²) in [6, 6.07) is -4.90. The lowest BCUT2D eigenvalue weighted by molar-refractivity contribution is -0.145. The number of nitrogens with zero attached hydrogens (tertiary/aromatic N) is 2. The molecular formula is C41H58N8O10. The largest absolute Gasteiger partial charge is 0.478 e. The maximum absolute atomic E-state index is 14.5. The Kier molecular flexibility index (Phi) is 16.3. The van der Waals surface area contributed by atoms with E-state index in [2.05, 4.69) is 26.3 Å². The number of carboxylic acids is 1. The number of primary amides is 2. The molecule has 1 aromatic heterocycles. The van der Waals surface area contributed by atoms with Crippen LogP contribution in [0.5, 0.6) is 0 Å². The van der Waals surface area contributed by atoms with E-state index in [-0.39, 0.29) is 42.2 Å². The molecule has 5 atom stereocenters. The van der Waals surface area contributed by atoms with Gasteiger partial charge in [0.15, 0.2) is 5.78 Å². The summed E-state index contributed by atoms with van der Waals surface area (Å²) in [5.41, 5.74) is 9.25. The summed E-state index contributed by atoms with van der Waals surface area (Å²) in [6.07, 6.45) is 12.5. The number of carboxylic acid groups (broad SMARTS) is 1. The SMILES string of the molecule is CC(C)(C)[C@H](NC(=O)[C@H](CC/C=C/C(N)=O)NC(=O)c1cnccc1C(=O)O)C(=O)N1CC(=O)C[C@H]1C(=O)N[C@H](C(=O)N[C@H](C(N)=O)C1CCCCC1)C1CCCCC1. The van der Waals surface area contributed by atoms with E-state index >= 15 is 0 Å². The van der Waals surface area contributed by atoms with Crippen molar-refractivity contribution < 1.29 is 48.3 Å². The average Bonchev–Trinajstić information content (AvgIpc) is 3.60. The van der Waals surface area contributed by atoms with Crippen molar-refractivity contribution in [2.45, 2.75) is 134 Å². The topological polar surface area (TPSA) is 290 Å². The Morgan fingerprint density at radius 3 is 2.02 bits per heavy atom. The number of Topliss-reactive ketones (excluding diaryl/α,β-unsaturated/α-hetero) is 1. The van der Waals surface area contributed by atoms with Crippen LogP contribution in [0, 0.1) is 17.3 Å². The van der Waals surface area contributed by atoms with E-state index in [1.807, 2.05) is 0 Å². The van der Waals surface area contributed by atoms with Gasteiger partial charge < -0.3 is 42.7 Å². The van der Waals surface area contributed by atoms with E-state index < -0.39 is 95.3 Å². The first kappa shape index (κ1) is 46.0. The van der Waals surface area contributed by atoms with Crippen molar-refractivity contribution >= 4 is 53.1 Å². The molecule has 1 aromatic rings. The smallest absolute Gasteiger partial charge is 0.336 e. The summed E-state index contributed by atoms with van der Waals surface area (Å²) in [7, 11) is 0. The van der Waals surface area contributed by atoms with Crippen LogP contribution in [0.25, 0.3) is 0 Å². The van der Waals surface area contributed by atoms with Gasteiger partial charge in [0, 0.05) is 18.8 Å². The van der Waals surface area contributed by atoms with Crippen molar-refractivity contribution in [3.05, 3.63) is 41.7 Å². The molecule has 2 saturated carbocycles. The van der Waals surface area contributed by atoms with Crippen molar-refractivity contribution in [3.63, 3.8) is 0 Å². The number of aromatic nitrogens is 1. The summed E-state index contributed by atoms with van der Waals surface area (Å²) >= 11 is 0. The van der Waals surface area contributed by atoms with E-state index in [1.54, 1.807) is 20.8 Å². The molecule has 0 radical (unpaired) electrons. The van der Waals surface area contributed by atoms with Crippen LogP contribution < -0.4 is 32.7 Å². The van der Waals surface area contributed by atoms with E-state index in [0.717, 1.165) is 74.6 Å². The normalized spacial score (nSPS) is 19.9. The molecule has 59 heavy (non-hydrogen) atoms. The summed E-state index contributed by atoms with van der Waals surface area (Å²) < 4.78 is 0. The average molecular weight is 823 g/mol. The second-order valence-corrected chi connectivity index (χ2v) is 16.8. The highest BCUT2D eigenvalue weighted by molar-refractivity contribution is 6.06. The van der Waals surface area contributed by atoms with Gasteiger partial charge in [0.2, 0.25) is 35.4 Å². The standard InChI is InChI=1S/C41H58N8O10/c1-41(2,3)33(48-36(54)28(16-10-11-17-30(42)51)45-35(53)27-21-44-19-18-26(27)40(58)59)39(57)49-22-25(50)20-29(49)37(55)47-32(24-14-8-5-9-15-24)38(56)46-31(34(43)52)23-12-6-4-7-13-23/h11,17-19,21,23-24,28-29,31-33H,4-10,12-16,20,22H2,1-3H3,(H2,42,51)(H2,43,52)(H,45,53)(H,46,56)(H,47,55)(H,48,54)(H,58,59)/b17-11+/t28-,29-,31-,32-,33+/m0/s1. The Bertz CT molecular complexity index is 1800. The van der Waals surface area contributed by atoms with Crippen molar-refractivity contribution in [2.75, 3.05) is 6.54 Å². The van der Waals surface area contributed by atoms with Crippen LogP contribution in [-0.4, -0.2) is 105 Å². The molecule has 18 heteroatoms. The molecule has 2 heterocycles. The molecule has 0 unspecified atom stereocenters. The van der Waals surface area contributed by atoms with Gasteiger partial charge in [-0.3, -0.25) is 43.3 Å². The van der Waals surface area contributed by atoms with Crippen LogP contribution in [0.2, 0.25) is 0 Å². The van der Waals surface area contributed by atoms with Crippen LogP contribution in [0.15, 0.2) is 30.6 Å². The first-order valence-corrected chi connectivity index (χ1v) is 20.4. The van der Waals surface area contributed by atoms with Gasteiger partial charge >= 0.3 is 5.97 Å². The summed E-state index contributed by atoms with van der Waals surface area (Å²) in [6.45, 7) is 4.53. The first-order valence-electron chi connectivity index (χ1n) is 20.4. The highest BCUT2D eigenvalue weighted by Crippen LogP contribution is 2.30. The third-order valence-corrected chi connectivity index (χ3v) is 11.4. The van der Waals surface area contributed by atoms with E-state index in [1.165, 1.54) is 12.3 Å². The van der Waals surface area contributed by atoms with Crippen LogP contribution in [-0.2, 0) is 33.6 Å². The fraction of sp³-hybridized carbons (Fsp3) is 0.610. The molecule has 4 rings (SSSR count). The fourth-order valence-electron chi connectivity index (χ4n) is 8.19. The third-order valence-electron chi connectivity index (χ3n) is 11.4. The first-order chi connectivity index (χ1) is 27.9. The quantitative estimate of drug-likeness (QED) is 0.109. The van der Waals surface area contributed by atoms with Crippen molar-refractivity contribution in [1.82, 2.24) is 31.2 Å². The number of rotatable bonds is 17. The summed E-state index contributed by atoms with van der Waals surface area (Å²) in [4.78, 5) is 123. The molecule has 0 bridgehead atoms. The number of ketones is 1. The van der Waals surface area contributed by atoms with Crippen LogP contribution >= 0.6 is 0 Å². The predicted molar refractivity (Wildman–Crippen MR) is 213 cm³/mol. The number of pyridine rings is 1. The molecule has 322 valence electrons. The molecule has 0 aromatic carbocycles. The maximum atomic E-state index is 14.5. The molecule has 7 amide bonds. The zero-order chi connectivity index (χ0) is 43.4. The van der Waals surface area contributed by atoms with Gasteiger partial charge in [-0.2, -0.15) is 0 Å². The Hall–Kier alpha value is -5.68. The number of likely N-dealkylation sites (tertiary alicyclic amines) is 1. The number of allylic oxidation sites excluding steroid dienone is 1. The molecule has 0 spiro atoms. The highest BCUT2D eigenvalue weighted by Gasteiger charge is 2.46. The van der Waals surface area contributed by atoms with E-state index in [4.69, 9.17) is 11.5 Å². The molecular weight excluding hydrogens is 764 g/mol. The van der Waals surface area contributed by atoms with Gasteiger partial charge in [0.05, 0.1) is 17.7 Å². The predicted octanol–water partition coefficient (Wildman–Crippen LogP) is 1.02. The molecule has 3 fully saturated rings. The Labute approximate surface area is 343 Å². The van der Waals surface area contributed by atoms with Gasteiger partial charge in [-0.25, -0.2) is 4.79 Å². The second-order valence-electron chi connectivity index (χ2n) is 16.8. The summed E-state index contributed by atoms with van der Waals surface area (Å²) in [5, 5.41) is 20.5. The minimum atomic E-state index is -1.40. The number of amides is 7. The van der Waals surface area contributed by atoms with Gasteiger partial charge in [-0.15, -0.1) is 0 Å². The molecule has 1 aliphatic heterocycles. The molecule has 18 nitrogen and oxygen atoms in total. The maximum Gasteiger partial charge on any atom is 0.336 e. The van der Waals surface area contributed by atoms with E-state index in [9.17, 15) is 48.3 Å². The monoisotopic (exact) mass is 822 g/mol. The van der Waals surface area contributed by atoms with Crippen molar-refractivity contribution in [2.24, 2.45) is 28.7 Å². The molecule has 9 N–H and O–H groups in total. The number of carbonyl (C=O) groups is 9. The number of nitrogens with one attached hydrogen (secondary N) is 4. The number of hydrogen-bond donors (Lipinski definition) is 7. The van der Waals surface area contributed by atoms with Crippen LogP contribution in [0.3, 0.4) is 0 Å². The minimum absolute atomic E-state index is 0.0632. The number of aromatic carboxylic acids is 1. The lowest BCUT2D eigenvalue weighted by Gasteiger charge is -2.37. The number of carbonyl (C=O) groups excluding carboxylic acids is 8. The Balaban J connectivity index is 1.57. The number of nitrogens with two attached hydrogens (primary N) is 2. The van der Waals surface area contributed by atoms with Gasteiger partial charge in [-0.05, 0) is 67.9 Å². The Morgan fingerprint density at radius 1 is 0.847 bits per heavy atom. The molecule has 1 saturated heterocycles. The second kappa shape index (κ2) is 20.8. The zero-order valence-corrected chi connectivity index (χ0v) is 34.0. The van der Waals surface area contributed by atoms with Gasteiger partial charge in [0.1, 0.15) is 30.2 Å². The van der Waals surface area contributed by atoms with E-state index in [0.29, 0.717) is 12.8 Å². The Morgan fingerprint density at radius 2 is 1.46 bits per heavy atom. The van der Waals surface area contributed by atoms with Crippen LogP contribution in [0.4, 0.5) is 0 Å². The highest BCUT2D eigenvalue weighted by atomic mass is 16.4. The van der Waals surface area contributed by atoms with Crippen molar-refractivity contribution in [1.29, 1.82) is 0 Å². The van der Waals surface area contributed by atoms with Crippen LogP contribution in [0.1, 0.15) is 125 Å².